The van der Waals surface area contributed by atoms with Gasteiger partial charge in [0.2, 0.25) is 0 Å². The summed E-state index contributed by atoms with van der Waals surface area (Å²) in [7, 11) is 0. The summed E-state index contributed by atoms with van der Waals surface area (Å²) in [5, 5.41) is 0. The highest BCUT2D eigenvalue weighted by Crippen LogP contribution is 2.46. The van der Waals surface area contributed by atoms with Gasteiger partial charge in [-0.1, -0.05) is 25.2 Å². The van der Waals surface area contributed by atoms with Crippen LogP contribution in [-0.2, 0) is 24.9 Å². The van der Waals surface area contributed by atoms with Crippen LogP contribution in [0.4, 0.5) is 4.79 Å². The predicted molar refractivity (Wildman–Crippen MR) is 90.3 cm³/mol. The third kappa shape index (κ3) is 3.79. The van der Waals surface area contributed by atoms with Gasteiger partial charge in [-0.3, -0.25) is 0 Å². The van der Waals surface area contributed by atoms with Crippen LogP contribution >= 0.6 is 0 Å². The smallest absolute Gasteiger partial charge is 0.405 e. The molecule has 0 saturated carbocycles. The van der Waals surface area contributed by atoms with Crippen molar-refractivity contribution >= 4 is 6.09 Å². The summed E-state index contributed by atoms with van der Waals surface area (Å²) in [5.74, 6) is 4.64. The van der Waals surface area contributed by atoms with Crippen LogP contribution < -0.4 is 5.73 Å². The maximum Gasteiger partial charge on any atom is 0.405 e. The molecule has 0 aliphatic carbocycles. The molecule has 4 rings (SSSR count). The third-order valence-corrected chi connectivity index (χ3v) is 4.44. The summed E-state index contributed by atoms with van der Waals surface area (Å²) in [6.45, 7) is 5.74. The zero-order valence-electron chi connectivity index (χ0n) is 14.5. The summed E-state index contributed by atoms with van der Waals surface area (Å²) < 4.78 is 22.6. The quantitative estimate of drug-likeness (QED) is 0.848. The number of primary amides is 1. The van der Waals surface area contributed by atoms with Gasteiger partial charge in [0.05, 0.1) is 19.8 Å². The Balaban J connectivity index is 1.68. The molecule has 0 radical (unpaired) electrons. The van der Waals surface area contributed by atoms with Crippen LogP contribution in [0.15, 0.2) is 24.3 Å². The summed E-state index contributed by atoms with van der Waals surface area (Å²) in [6.07, 6.45) is 0.711. The van der Waals surface area contributed by atoms with E-state index in [0.29, 0.717) is 19.8 Å². The molecule has 134 valence electrons. The Kier molecular flexibility index (Phi) is 5.00. The highest BCUT2D eigenvalue weighted by molar-refractivity contribution is 5.65. The summed E-state index contributed by atoms with van der Waals surface area (Å²) in [6, 6.07) is 7.46. The minimum atomic E-state index is -1.11. The molecular weight excluding hydrogens is 322 g/mol. The Labute approximate surface area is 147 Å². The lowest BCUT2D eigenvalue weighted by molar-refractivity contribution is -0.480. The fraction of sp³-hybridized carbons (Fsp3) is 0.526. The normalized spacial score (nSPS) is 28.7. The first-order chi connectivity index (χ1) is 12.0. The molecule has 6 nitrogen and oxygen atoms in total. The summed E-state index contributed by atoms with van der Waals surface area (Å²) in [5.41, 5.74) is 6.53. The standard InChI is InChI=1S/C19H23NO5/c1-3-10-18-11-22-19(23-12-18,24-13-18)16-8-6-15(7-9-16)5-4-14(2)25-17(20)21/h6-9,14H,3,10-13H2,1-2H3,(H2,20,21). The van der Waals surface area contributed by atoms with Crippen molar-refractivity contribution < 1.29 is 23.7 Å². The van der Waals surface area contributed by atoms with Crippen molar-refractivity contribution in [2.75, 3.05) is 19.8 Å². The first-order valence-electron chi connectivity index (χ1n) is 8.47. The number of fused-ring (bicyclic) bond motifs is 3. The second-order valence-electron chi connectivity index (χ2n) is 6.60. The molecule has 6 heteroatoms. The van der Waals surface area contributed by atoms with Crippen LogP contribution in [0, 0.1) is 17.3 Å². The lowest BCUT2D eigenvalue weighted by Crippen LogP contribution is -2.58. The van der Waals surface area contributed by atoms with E-state index < -0.39 is 18.2 Å². The van der Waals surface area contributed by atoms with E-state index in [1.54, 1.807) is 6.92 Å². The molecule has 3 aliphatic rings. The lowest BCUT2D eigenvalue weighted by atomic mass is 9.83. The predicted octanol–water partition coefficient (Wildman–Crippen LogP) is 2.50. The maximum atomic E-state index is 10.7. The maximum absolute atomic E-state index is 10.7. The van der Waals surface area contributed by atoms with E-state index >= 15 is 0 Å². The molecule has 3 saturated heterocycles. The van der Waals surface area contributed by atoms with Crippen LogP contribution in [0.2, 0.25) is 0 Å². The van der Waals surface area contributed by atoms with Gasteiger partial charge in [-0.2, -0.15) is 0 Å². The van der Waals surface area contributed by atoms with Gasteiger partial charge in [0.25, 0.3) is 0 Å². The van der Waals surface area contributed by atoms with Gasteiger partial charge in [-0.15, -0.1) is 0 Å². The Morgan fingerprint density at radius 2 is 1.84 bits per heavy atom. The summed E-state index contributed by atoms with van der Waals surface area (Å²) >= 11 is 0. The minimum absolute atomic E-state index is 0.0154. The molecule has 0 spiro atoms. The Morgan fingerprint density at radius 3 is 2.36 bits per heavy atom. The van der Waals surface area contributed by atoms with E-state index in [-0.39, 0.29) is 5.41 Å². The molecule has 1 aromatic rings. The van der Waals surface area contributed by atoms with Crippen molar-refractivity contribution in [3.05, 3.63) is 35.4 Å². The highest BCUT2D eigenvalue weighted by Gasteiger charge is 2.53. The first kappa shape index (κ1) is 17.7. The van der Waals surface area contributed by atoms with E-state index in [2.05, 4.69) is 18.8 Å². The first-order valence-corrected chi connectivity index (χ1v) is 8.47. The highest BCUT2D eigenvalue weighted by atomic mass is 16.9. The van der Waals surface area contributed by atoms with Gasteiger partial charge in [0.15, 0.2) is 6.10 Å². The number of amides is 1. The van der Waals surface area contributed by atoms with Crippen LogP contribution in [0.1, 0.15) is 37.8 Å². The van der Waals surface area contributed by atoms with Gasteiger partial charge in [0.1, 0.15) is 0 Å². The van der Waals surface area contributed by atoms with Crippen molar-refractivity contribution in [1.29, 1.82) is 0 Å². The zero-order chi connectivity index (χ0) is 17.9. The van der Waals surface area contributed by atoms with Gasteiger partial charge in [0, 0.05) is 16.5 Å². The summed E-state index contributed by atoms with van der Waals surface area (Å²) in [4.78, 5) is 10.7. The molecule has 2 N–H and O–H groups in total. The zero-order valence-corrected chi connectivity index (χ0v) is 14.5. The van der Waals surface area contributed by atoms with Crippen LogP contribution in [0.3, 0.4) is 0 Å². The second kappa shape index (κ2) is 7.04. The van der Waals surface area contributed by atoms with Crippen LogP contribution in [-0.4, -0.2) is 32.0 Å². The lowest BCUT2D eigenvalue weighted by Gasteiger charge is -2.51. The van der Waals surface area contributed by atoms with E-state index in [0.717, 1.165) is 24.0 Å². The fourth-order valence-corrected chi connectivity index (χ4v) is 3.14. The van der Waals surface area contributed by atoms with E-state index in [9.17, 15) is 4.79 Å². The number of hydrogen-bond donors (Lipinski definition) is 1. The molecule has 0 aromatic heterocycles. The Morgan fingerprint density at radius 1 is 1.24 bits per heavy atom. The fourth-order valence-electron chi connectivity index (χ4n) is 3.14. The third-order valence-electron chi connectivity index (χ3n) is 4.44. The number of nitrogens with two attached hydrogens (primary N) is 1. The second-order valence-corrected chi connectivity index (χ2v) is 6.60. The number of carbonyl (C=O) groups excluding carboxylic acids is 1. The van der Waals surface area contributed by atoms with Crippen molar-refractivity contribution in [2.24, 2.45) is 11.1 Å². The van der Waals surface area contributed by atoms with E-state index in [4.69, 9.17) is 24.7 Å². The molecule has 3 aliphatic heterocycles. The minimum Gasteiger partial charge on any atom is -0.433 e. The molecule has 2 bridgehead atoms. The molecule has 25 heavy (non-hydrogen) atoms. The van der Waals surface area contributed by atoms with Gasteiger partial charge < -0.3 is 24.7 Å². The Bertz CT molecular complexity index is 663. The van der Waals surface area contributed by atoms with Crippen molar-refractivity contribution in [3.63, 3.8) is 0 Å². The van der Waals surface area contributed by atoms with E-state index in [1.807, 2.05) is 24.3 Å². The largest absolute Gasteiger partial charge is 0.433 e. The van der Waals surface area contributed by atoms with E-state index in [1.165, 1.54) is 0 Å². The van der Waals surface area contributed by atoms with Crippen molar-refractivity contribution in [2.45, 2.75) is 38.8 Å². The number of benzene rings is 1. The SMILES string of the molecule is CCCC12COC(c3ccc(C#CC(C)OC(N)=O)cc3)(OC1)OC2. The van der Waals surface area contributed by atoms with Gasteiger partial charge in [-0.25, -0.2) is 4.79 Å². The van der Waals surface area contributed by atoms with Crippen LogP contribution in [0.25, 0.3) is 0 Å². The van der Waals surface area contributed by atoms with Crippen molar-refractivity contribution in [3.8, 4) is 11.8 Å². The number of ether oxygens (including phenoxy) is 4. The average molecular weight is 345 g/mol. The Hall–Kier alpha value is -2.07. The van der Waals surface area contributed by atoms with Crippen LogP contribution in [0.5, 0.6) is 0 Å². The molecule has 1 unspecified atom stereocenters. The molecule has 1 aromatic carbocycles. The monoisotopic (exact) mass is 345 g/mol. The number of rotatable bonds is 4. The molecule has 1 amide bonds. The molecule has 3 heterocycles. The molecular formula is C19H23NO5. The number of carbonyl (C=O) groups is 1. The van der Waals surface area contributed by atoms with Crippen molar-refractivity contribution in [1.82, 2.24) is 0 Å². The van der Waals surface area contributed by atoms with Gasteiger partial charge in [-0.05, 0) is 37.6 Å². The topological polar surface area (TPSA) is 80.0 Å². The van der Waals surface area contributed by atoms with Gasteiger partial charge >= 0.3 is 12.1 Å². The molecule has 3 fully saturated rings. The molecule has 1 atom stereocenters. The number of hydrogen-bond acceptors (Lipinski definition) is 5. The average Bonchev–Trinajstić information content (AvgIpc) is 2.61.